The Balaban J connectivity index is 1.92. The van der Waals surface area contributed by atoms with Crippen LogP contribution < -0.4 is 11.1 Å². The number of nitrogens with one attached hydrogen (secondary N) is 2. The van der Waals surface area contributed by atoms with Crippen molar-refractivity contribution in [1.29, 1.82) is 0 Å². The van der Waals surface area contributed by atoms with Gasteiger partial charge in [-0.3, -0.25) is 9.89 Å². The minimum atomic E-state index is -0.171. The first-order valence-electron chi connectivity index (χ1n) is 6.25. The first-order chi connectivity index (χ1) is 9.65. The van der Waals surface area contributed by atoms with Crippen LogP contribution in [0, 0.1) is 6.92 Å². The van der Waals surface area contributed by atoms with Gasteiger partial charge in [0.2, 0.25) is 0 Å². The second kappa shape index (κ2) is 4.70. The van der Waals surface area contributed by atoms with E-state index in [2.05, 4.69) is 15.5 Å². The number of carbonyl (C=O) groups is 1. The van der Waals surface area contributed by atoms with Gasteiger partial charge in [-0.15, -0.1) is 0 Å². The average Bonchev–Trinajstić information content (AvgIpc) is 2.91. The number of aromatic nitrogens is 2. The Bertz CT molecular complexity index is 791. The van der Waals surface area contributed by atoms with Crippen molar-refractivity contribution in [3.8, 4) is 0 Å². The van der Waals surface area contributed by atoms with Crippen molar-refractivity contribution >= 4 is 28.2 Å². The molecule has 0 unspecified atom stereocenters. The molecule has 5 heteroatoms. The van der Waals surface area contributed by atoms with Crippen LogP contribution in [-0.2, 0) is 0 Å². The maximum Gasteiger partial charge on any atom is 0.255 e. The molecule has 0 saturated carbocycles. The number of nitrogen functional groups attached to an aromatic ring is 1. The van der Waals surface area contributed by atoms with Gasteiger partial charge in [-0.25, -0.2) is 0 Å². The summed E-state index contributed by atoms with van der Waals surface area (Å²) >= 11 is 0. The summed E-state index contributed by atoms with van der Waals surface area (Å²) in [5.41, 5.74) is 9.42. The van der Waals surface area contributed by atoms with E-state index >= 15 is 0 Å². The third-order valence-electron chi connectivity index (χ3n) is 3.26. The van der Waals surface area contributed by atoms with Gasteiger partial charge < -0.3 is 11.1 Å². The Morgan fingerprint density at radius 3 is 2.95 bits per heavy atom. The number of hydrogen-bond acceptors (Lipinski definition) is 3. The largest absolute Gasteiger partial charge is 0.399 e. The molecule has 0 fully saturated rings. The molecule has 3 rings (SSSR count). The van der Waals surface area contributed by atoms with Crippen LogP contribution in [0.5, 0.6) is 0 Å². The number of carbonyl (C=O) groups excluding carboxylic acids is 1. The summed E-state index contributed by atoms with van der Waals surface area (Å²) in [6, 6.07) is 10.9. The molecule has 0 bridgehead atoms. The second-order valence-electron chi connectivity index (χ2n) is 4.67. The van der Waals surface area contributed by atoms with Crippen LogP contribution in [0.15, 0.2) is 42.6 Å². The number of aromatic amines is 1. The van der Waals surface area contributed by atoms with Crippen LogP contribution in [-0.4, -0.2) is 16.1 Å². The molecule has 0 aliphatic heterocycles. The Morgan fingerprint density at radius 1 is 1.30 bits per heavy atom. The van der Waals surface area contributed by atoms with E-state index in [0.29, 0.717) is 16.9 Å². The van der Waals surface area contributed by atoms with E-state index in [-0.39, 0.29) is 5.91 Å². The lowest BCUT2D eigenvalue weighted by Gasteiger charge is -2.08. The Morgan fingerprint density at radius 2 is 2.15 bits per heavy atom. The fraction of sp³-hybridized carbons (Fsp3) is 0.0667. The number of anilines is 2. The number of nitrogens with two attached hydrogens (primary N) is 1. The summed E-state index contributed by atoms with van der Waals surface area (Å²) in [6.07, 6.45) is 1.72. The summed E-state index contributed by atoms with van der Waals surface area (Å²) < 4.78 is 0. The number of rotatable bonds is 2. The van der Waals surface area contributed by atoms with Gasteiger partial charge in [0.15, 0.2) is 0 Å². The minimum absolute atomic E-state index is 0.171. The lowest BCUT2D eigenvalue weighted by atomic mass is 10.1. The zero-order valence-corrected chi connectivity index (χ0v) is 11.0. The third-order valence-corrected chi connectivity index (χ3v) is 3.26. The lowest BCUT2D eigenvalue weighted by molar-refractivity contribution is 0.102. The first kappa shape index (κ1) is 12.2. The molecule has 0 atom stereocenters. The molecule has 1 aromatic heterocycles. The molecule has 1 heterocycles. The van der Waals surface area contributed by atoms with Crippen molar-refractivity contribution in [3.05, 3.63) is 53.7 Å². The van der Waals surface area contributed by atoms with Crippen LogP contribution in [0.2, 0.25) is 0 Å². The summed E-state index contributed by atoms with van der Waals surface area (Å²) in [5, 5.41) is 10.7. The number of para-hydroxylation sites is 1. The predicted octanol–water partition coefficient (Wildman–Crippen LogP) is 2.71. The van der Waals surface area contributed by atoms with Gasteiger partial charge in [0, 0.05) is 16.6 Å². The summed E-state index contributed by atoms with van der Waals surface area (Å²) in [7, 11) is 0. The maximum atomic E-state index is 12.3. The molecule has 100 valence electrons. The normalized spacial score (nSPS) is 10.7. The molecule has 1 amide bonds. The van der Waals surface area contributed by atoms with E-state index in [1.807, 2.05) is 25.1 Å². The van der Waals surface area contributed by atoms with Crippen molar-refractivity contribution in [2.45, 2.75) is 6.92 Å². The van der Waals surface area contributed by atoms with E-state index in [1.165, 1.54) is 0 Å². The molecule has 4 N–H and O–H groups in total. The van der Waals surface area contributed by atoms with Gasteiger partial charge in [0.05, 0.1) is 17.4 Å². The molecule has 5 nitrogen and oxygen atoms in total. The lowest BCUT2D eigenvalue weighted by Crippen LogP contribution is -2.12. The zero-order valence-electron chi connectivity index (χ0n) is 11.0. The standard InChI is InChI=1S/C15H14N4O/c1-9-7-10(5-6-12(9)16)15(20)18-13-4-2-3-11-8-17-19-14(11)13/h2-8H,16H2,1H3,(H,17,19)(H,18,20). The van der Waals surface area contributed by atoms with Crippen molar-refractivity contribution in [1.82, 2.24) is 10.2 Å². The fourth-order valence-electron chi connectivity index (χ4n) is 2.08. The number of amides is 1. The van der Waals surface area contributed by atoms with E-state index in [4.69, 9.17) is 5.73 Å². The molecule has 0 spiro atoms. The number of nitrogens with zero attached hydrogens (tertiary/aromatic N) is 1. The van der Waals surface area contributed by atoms with Crippen LogP contribution in [0.1, 0.15) is 15.9 Å². The van der Waals surface area contributed by atoms with Crippen LogP contribution in [0.3, 0.4) is 0 Å². The summed E-state index contributed by atoms with van der Waals surface area (Å²) in [6.45, 7) is 1.88. The van der Waals surface area contributed by atoms with E-state index in [1.54, 1.807) is 24.4 Å². The van der Waals surface area contributed by atoms with Crippen molar-refractivity contribution in [2.75, 3.05) is 11.1 Å². The van der Waals surface area contributed by atoms with Gasteiger partial charge in [-0.05, 0) is 36.8 Å². The number of benzene rings is 2. The van der Waals surface area contributed by atoms with Crippen molar-refractivity contribution in [3.63, 3.8) is 0 Å². The molecule has 0 aliphatic rings. The van der Waals surface area contributed by atoms with Crippen molar-refractivity contribution in [2.24, 2.45) is 0 Å². The molecule has 2 aromatic carbocycles. The van der Waals surface area contributed by atoms with Gasteiger partial charge in [0.1, 0.15) is 0 Å². The van der Waals surface area contributed by atoms with Crippen LogP contribution in [0.25, 0.3) is 10.9 Å². The smallest absolute Gasteiger partial charge is 0.255 e. The third kappa shape index (κ3) is 2.09. The number of hydrogen-bond donors (Lipinski definition) is 3. The fourth-order valence-corrected chi connectivity index (χ4v) is 2.08. The summed E-state index contributed by atoms with van der Waals surface area (Å²) in [5.74, 6) is -0.171. The van der Waals surface area contributed by atoms with Crippen molar-refractivity contribution < 1.29 is 4.79 Å². The molecule has 0 saturated heterocycles. The maximum absolute atomic E-state index is 12.3. The van der Waals surface area contributed by atoms with Crippen LogP contribution in [0.4, 0.5) is 11.4 Å². The Kier molecular flexibility index (Phi) is 2.87. The number of aryl methyl sites for hydroxylation is 1. The number of H-pyrrole nitrogens is 1. The summed E-state index contributed by atoms with van der Waals surface area (Å²) in [4.78, 5) is 12.3. The molecule has 0 aliphatic carbocycles. The zero-order chi connectivity index (χ0) is 14.1. The Labute approximate surface area is 115 Å². The van der Waals surface area contributed by atoms with E-state index in [0.717, 1.165) is 16.5 Å². The Hall–Kier alpha value is -2.82. The topological polar surface area (TPSA) is 83.8 Å². The monoisotopic (exact) mass is 266 g/mol. The second-order valence-corrected chi connectivity index (χ2v) is 4.67. The molecule has 0 radical (unpaired) electrons. The van der Waals surface area contributed by atoms with Crippen LogP contribution >= 0.6 is 0 Å². The van der Waals surface area contributed by atoms with Gasteiger partial charge in [0.25, 0.3) is 5.91 Å². The quantitative estimate of drug-likeness (QED) is 0.623. The first-order valence-corrected chi connectivity index (χ1v) is 6.25. The highest BCUT2D eigenvalue weighted by atomic mass is 16.1. The highest BCUT2D eigenvalue weighted by Crippen LogP contribution is 2.21. The van der Waals surface area contributed by atoms with Gasteiger partial charge >= 0.3 is 0 Å². The van der Waals surface area contributed by atoms with E-state index in [9.17, 15) is 4.79 Å². The molecular formula is C15H14N4O. The van der Waals surface area contributed by atoms with Gasteiger partial charge in [-0.1, -0.05) is 12.1 Å². The SMILES string of the molecule is Cc1cc(C(=O)Nc2cccc3cn[nH]c23)ccc1N. The minimum Gasteiger partial charge on any atom is -0.399 e. The highest BCUT2D eigenvalue weighted by Gasteiger charge is 2.10. The molecule has 3 aromatic rings. The highest BCUT2D eigenvalue weighted by molar-refractivity contribution is 6.08. The van der Waals surface area contributed by atoms with Gasteiger partial charge in [-0.2, -0.15) is 5.10 Å². The molecule has 20 heavy (non-hydrogen) atoms. The average molecular weight is 266 g/mol. The number of fused-ring (bicyclic) bond motifs is 1. The van der Waals surface area contributed by atoms with E-state index < -0.39 is 0 Å². The predicted molar refractivity (Wildman–Crippen MR) is 79.6 cm³/mol. The molecular weight excluding hydrogens is 252 g/mol.